The van der Waals surface area contributed by atoms with Gasteiger partial charge in [-0.25, -0.2) is 0 Å². The molecule has 1 aromatic rings. The van der Waals surface area contributed by atoms with Gasteiger partial charge in [-0.3, -0.25) is 4.79 Å². The number of piperidine rings is 1. The van der Waals surface area contributed by atoms with Gasteiger partial charge < -0.3 is 20.5 Å². The molecule has 0 unspecified atom stereocenters. The van der Waals surface area contributed by atoms with E-state index in [2.05, 4.69) is 15.4 Å². The second-order valence-corrected chi connectivity index (χ2v) is 4.68. The zero-order chi connectivity index (χ0) is 15.5. The average Bonchev–Trinajstić information content (AvgIpc) is 2.40. The van der Waals surface area contributed by atoms with Gasteiger partial charge in [-0.1, -0.05) is 12.1 Å². The molecule has 1 aromatic carbocycles. The molecular formula is C13H15F3N2O3. The van der Waals surface area contributed by atoms with E-state index in [4.69, 9.17) is 0 Å². The Bertz CT molecular complexity index is 508. The van der Waals surface area contributed by atoms with E-state index in [1.807, 2.05) is 0 Å². The van der Waals surface area contributed by atoms with E-state index in [9.17, 15) is 23.1 Å². The summed E-state index contributed by atoms with van der Waals surface area (Å²) in [5, 5.41) is 15.2. The Morgan fingerprint density at radius 3 is 2.76 bits per heavy atom. The molecule has 0 aromatic heterocycles. The van der Waals surface area contributed by atoms with Crippen LogP contribution in [0.15, 0.2) is 24.3 Å². The average molecular weight is 304 g/mol. The van der Waals surface area contributed by atoms with Gasteiger partial charge in [0.1, 0.15) is 5.75 Å². The van der Waals surface area contributed by atoms with E-state index in [1.54, 1.807) is 0 Å². The Labute approximate surface area is 119 Å². The summed E-state index contributed by atoms with van der Waals surface area (Å²) in [4.78, 5) is 12.1. The second-order valence-electron chi connectivity index (χ2n) is 4.68. The summed E-state index contributed by atoms with van der Waals surface area (Å²) >= 11 is 0. The highest BCUT2D eigenvalue weighted by Crippen LogP contribution is 2.26. The minimum absolute atomic E-state index is 0.222. The highest BCUT2D eigenvalue weighted by atomic mass is 19.4. The molecule has 1 saturated heterocycles. The van der Waals surface area contributed by atoms with Crippen molar-refractivity contribution in [2.24, 2.45) is 0 Å². The zero-order valence-corrected chi connectivity index (χ0v) is 11.0. The van der Waals surface area contributed by atoms with Crippen LogP contribution in [0.5, 0.6) is 5.75 Å². The molecule has 21 heavy (non-hydrogen) atoms. The molecule has 3 N–H and O–H groups in total. The van der Waals surface area contributed by atoms with Crippen molar-refractivity contribution in [1.82, 2.24) is 10.6 Å². The number of alkyl halides is 3. The van der Waals surface area contributed by atoms with Crippen LogP contribution in [0.2, 0.25) is 0 Å². The SMILES string of the molecule is O=C(N[C@@H]1CCNC[C@H]1O)c1ccccc1OC(F)(F)F. The number of hydrogen-bond donors (Lipinski definition) is 3. The van der Waals surface area contributed by atoms with Crippen molar-refractivity contribution < 1.29 is 27.8 Å². The van der Waals surface area contributed by atoms with Crippen LogP contribution in [0.3, 0.4) is 0 Å². The van der Waals surface area contributed by atoms with Crippen LogP contribution in [0.4, 0.5) is 13.2 Å². The van der Waals surface area contributed by atoms with Gasteiger partial charge in [0.05, 0.1) is 17.7 Å². The molecule has 0 aliphatic carbocycles. The summed E-state index contributed by atoms with van der Waals surface area (Å²) < 4.78 is 40.7. The molecule has 1 amide bonds. The van der Waals surface area contributed by atoms with Crippen molar-refractivity contribution in [2.75, 3.05) is 13.1 Å². The number of carbonyl (C=O) groups excluding carboxylic acids is 1. The molecule has 8 heteroatoms. The number of halogens is 3. The number of nitrogens with one attached hydrogen (secondary N) is 2. The van der Waals surface area contributed by atoms with Gasteiger partial charge in [0.25, 0.3) is 5.91 Å². The molecule has 0 saturated carbocycles. The minimum atomic E-state index is -4.87. The quantitative estimate of drug-likeness (QED) is 0.780. The molecule has 0 bridgehead atoms. The molecule has 2 rings (SSSR count). The molecule has 0 radical (unpaired) electrons. The summed E-state index contributed by atoms with van der Waals surface area (Å²) in [6.45, 7) is 0.939. The van der Waals surface area contributed by atoms with E-state index in [-0.39, 0.29) is 5.56 Å². The summed E-state index contributed by atoms with van der Waals surface area (Å²) in [7, 11) is 0. The summed E-state index contributed by atoms with van der Waals surface area (Å²) in [6.07, 6.45) is -5.15. The molecule has 1 fully saturated rings. The molecule has 116 valence electrons. The van der Waals surface area contributed by atoms with Crippen molar-refractivity contribution >= 4 is 5.91 Å². The van der Waals surface area contributed by atoms with E-state index in [1.165, 1.54) is 18.2 Å². The Kier molecular flexibility index (Phi) is 4.69. The number of carbonyl (C=O) groups is 1. The standard InChI is InChI=1S/C13H15F3N2O3/c14-13(15,16)21-11-4-2-1-3-8(11)12(20)18-9-5-6-17-7-10(9)19/h1-4,9-10,17,19H,5-7H2,(H,18,20)/t9-,10-/m1/s1. The molecule has 1 aliphatic heterocycles. The van der Waals surface area contributed by atoms with E-state index < -0.39 is 30.2 Å². The normalized spacial score (nSPS) is 22.7. The van der Waals surface area contributed by atoms with E-state index in [0.717, 1.165) is 6.07 Å². The molecule has 5 nitrogen and oxygen atoms in total. The van der Waals surface area contributed by atoms with E-state index >= 15 is 0 Å². The number of aliphatic hydroxyl groups is 1. The highest BCUT2D eigenvalue weighted by Gasteiger charge is 2.33. The van der Waals surface area contributed by atoms with Crippen molar-refractivity contribution in [3.63, 3.8) is 0 Å². The van der Waals surface area contributed by atoms with Crippen LogP contribution < -0.4 is 15.4 Å². The molecular weight excluding hydrogens is 289 g/mol. The van der Waals surface area contributed by atoms with Crippen molar-refractivity contribution in [3.8, 4) is 5.75 Å². The first-order valence-electron chi connectivity index (χ1n) is 6.41. The number of rotatable bonds is 3. The van der Waals surface area contributed by atoms with Crippen LogP contribution in [0, 0.1) is 0 Å². The third-order valence-electron chi connectivity index (χ3n) is 3.12. The third-order valence-corrected chi connectivity index (χ3v) is 3.12. The Morgan fingerprint density at radius 2 is 2.10 bits per heavy atom. The first-order chi connectivity index (χ1) is 9.87. The smallest absolute Gasteiger partial charge is 0.405 e. The number of para-hydroxylation sites is 1. The predicted molar refractivity (Wildman–Crippen MR) is 67.9 cm³/mol. The number of amides is 1. The molecule has 1 aliphatic rings. The highest BCUT2D eigenvalue weighted by molar-refractivity contribution is 5.97. The lowest BCUT2D eigenvalue weighted by Gasteiger charge is -2.29. The topological polar surface area (TPSA) is 70.6 Å². The lowest BCUT2D eigenvalue weighted by atomic mass is 10.0. The summed E-state index contributed by atoms with van der Waals surface area (Å²) in [6, 6.07) is 4.59. The maximum Gasteiger partial charge on any atom is 0.573 e. The summed E-state index contributed by atoms with van der Waals surface area (Å²) in [5.74, 6) is -1.27. The van der Waals surface area contributed by atoms with Crippen molar-refractivity contribution in [1.29, 1.82) is 0 Å². The monoisotopic (exact) mass is 304 g/mol. The first-order valence-corrected chi connectivity index (χ1v) is 6.41. The zero-order valence-electron chi connectivity index (χ0n) is 11.0. The Balaban J connectivity index is 2.11. The second kappa shape index (κ2) is 6.31. The fourth-order valence-electron chi connectivity index (χ4n) is 2.12. The van der Waals surface area contributed by atoms with Gasteiger partial charge in [0, 0.05) is 6.54 Å². The fourth-order valence-corrected chi connectivity index (χ4v) is 2.12. The van der Waals surface area contributed by atoms with Gasteiger partial charge in [0.15, 0.2) is 0 Å². The number of aliphatic hydroxyl groups excluding tert-OH is 1. The van der Waals surface area contributed by atoms with Crippen molar-refractivity contribution in [3.05, 3.63) is 29.8 Å². The lowest BCUT2D eigenvalue weighted by molar-refractivity contribution is -0.274. The van der Waals surface area contributed by atoms with Gasteiger partial charge >= 0.3 is 6.36 Å². The number of ether oxygens (including phenoxy) is 1. The number of benzene rings is 1. The van der Waals surface area contributed by atoms with Crippen LogP contribution in [0.1, 0.15) is 16.8 Å². The molecule has 2 atom stereocenters. The van der Waals surface area contributed by atoms with Gasteiger partial charge in [0.2, 0.25) is 0 Å². The predicted octanol–water partition coefficient (Wildman–Crippen LogP) is 1.04. The molecule has 1 heterocycles. The molecule has 0 spiro atoms. The van der Waals surface area contributed by atoms with Crippen LogP contribution in [0.25, 0.3) is 0 Å². The maximum atomic E-state index is 12.3. The van der Waals surface area contributed by atoms with Crippen LogP contribution in [-0.2, 0) is 0 Å². The van der Waals surface area contributed by atoms with Gasteiger partial charge in [-0.05, 0) is 25.1 Å². The maximum absolute atomic E-state index is 12.3. The van der Waals surface area contributed by atoms with Gasteiger partial charge in [-0.15, -0.1) is 13.2 Å². The van der Waals surface area contributed by atoms with Crippen LogP contribution in [-0.4, -0.2) is 42.6 Å². The van der Waals surface area contributed by atoms with Crippen LogP contribution >= 0.6 is 0 Å². The van der Waals surface area contributed by atoms with Crippen molar-refractivity contribution in [2.45, 2.75) is 24.9 Å². The number of β-amino-alcohol motifs (C(OH)–C–C–N with tert-alkyl or cyclic N) is 1. The fraction of sp³-hybridized carbons (Fsp3) is 0.462. The Hall–Kier alpha value is -1.80. The third kappa shape index (κ3) is 4.33. The number of hydrogen-bond acceptors (Lipinski definition) is 4. The minimum Gasteiger partial charge on any atom is -0.405 e. The van der Waals surface area contributed by atoms with E-state index in [0.29, 0.717) is 19.5 Å². The summed E-state index contributed by atoms with van der Waals surface area (Å²) in [5.41, 5.74) is -0.222. The first kappa shape index (κ1) is 15.6. The van der Waals surface area contributed by atoms with Gasteiger partial charge in [-0.2, -0.15) is 0 Å². The lowest BCUT2D eigenvalue weighted by Crippen LogP contribution is -2.52. The largest absolute Gasteiger partial charge is 0.573 e. The Morgan fingerprint density at radius 1 is 1.38 bits per heavy atom.